The van der Waals surface area contributed by atoms with E-state index in [0.29, 0.717) is 9.06 Å². The van der Waals surface area contributed by atoms with Crippen LogP contribution in [0, 0.1) is 76.8 Å². The van der Waals surface area contributed by atoms with Gasteiger partial charge in [0, 0.05) is 27.2 Å². The van der Waals surface area contributed by atoms with E-state index in [0.717, 1.165) is 38.3 Å². The highest BCUT2D eigenvalue weighted by Gasteiger charge is 2.08. The van der Waals surface area contributed by atoms with Crippen molar-refractivity contribution in [2.24, 2.45) is 0 Å². The average Bonchev–Trinajstić information content (AvgIpc) is 3.56. The van der Waals surface area contributed by atoms with E-state index in [4.69, 9.17) is 23.7 Å². The first-order valence-corrected chi connectivity index (χ1v) is 12.5. The molecule has 0 aromatic carbocycles. The molecule has 0 aliphatic heterocycles. The maximum Gasteiger partial charge on any atom is 0.536 e. The third kappa shape index (κ3) is 3.90. The fourth-order valence-electron chi connectivity index (χ4n) is 3.14. The Hall–Kier alpha value is -3.50. The number of hydrogen-bond acceptors (Lipinski definition) is 6. The summed E-state index contributed by atoms with van der Waals surface area (Å²) in [4.78, 5) is 6.66. The Morgan fingerprint density at radius 1 is 0.719 bits per heavy atom. The minimum atomic E-state index is 0.114. The van der Waals surface area contributed by atoms with Gasteiger partial charge in [-0.15, -0.1) is 45.3 Å². The Morgan fingerprint density at radius 2 is 1.16 bits per heavy atom. The summed E-state index contributed by atoms with van der Waals surface area (Å²) in [6.45, 7) is 18.4. The molecule has 0 aliphatic carbocycles. The first kappa shape index (κ1) is 21.7. The van der Waals surface area contributed by atoms with Crippen molar-refractivity contribution in [3.8, 4) is 12.1 Å². The molecule has 8 heteroatoms. The number of thiophene rings is 4. The van der Waals surface area contributed by atoms with Crippen LogP contribution in [0.3, 0.4) is 0 Å². The first-order valence-electron chi connectivity index (χ1n) is 9.20. The van der Waals surface area contributed by atoms with Crippen LogP contribution in [0.5, 0.6) is 0 Å². The quantitative estimate of drug-likeness (QED) is 0.309. The van der Waals surface area contributed by atoms with Crippen LogP contribution in [0.4, 0.5) is 0 Å². The second-order valence-electron chi connectivity index (χ2n) is 6.72. The van der Waals surface area contributed by atoms with E-state index in [9.17, 15) is 0 Å². The van der Waals surface area contributed by atoms with Crippen molar-refractivity contribution >= 4 is 56.7 Å². The molecular weight excluding hydrogens is 473 g/mol. The third-order valence-electron chi connectivity index (χ3n) is 4.64. The minimum Gasteiger partial charge on any atom is -0.192 e. The molecule has 4 heterocycles. The second kappa shape index (κ2) is 8.93. The van der Waals surface area contributed by atoms with Gasteiger partial charge < -0.3 is 0 Å². The SMILES string of the molecule is [C-]#[N+]C([N+]#[C-])=c1cc(C)/c(=c2/cc/c(=c3/cc/c(=c4\sc(=C(C#N)C#N)cc4C)s3)s2)s1. The van der Waals surface area contributed by atoms with Gasteiger partial charge in [0.25, 0.3) is 0 Å². The minimum absolute atomic E-state index is 0.114. The van der Waals surface area contributed by atoms with E-state index < -0.39 is 0 Å². The van der Waals surface area contributed by atoms with Crippen LogP contribution < -0.4 is 9.06 Å². The standard InChI is InChI=1S/C24H12N4S4/c1-13-9-20(15(11-25)12-26)31-22(13)18-7-5-16(29-18)17-6-8-19(30-17)23-14(2)10-21(32-23)24(27-3)28-4/h5-10H,1-2H3/b17-16+,22-18+,23-19+. The van der Waals surface area contributed by atoms with E-state index in [1.54, 1.807) is 22.7 Å². The molecule has 0 saturated heterocycles. The van der Waals surface area contributed by atoms with Crippen molar-refractivity contribution in [1.29, 1.82) is 10.5 Å². The van der Waals surface area contributed by atoms with Crippen molar-refractivity contribution in [1.82, 2.24) is 0 Å². The maximum absolute atomic E-state index is 9.15. The zero-order chi connectivity index (χ0) is 22.8. The van der Waals surface area contributed by atoms with Gasteiger partial charge in [0.05, 0.1) is 4.53 Å². The molecule has 0 N–H and O–H groups in total. The van der Waals surface area contributed by atoms with Crippen LogP contribution in [0.25, 0.3) is 21.1 Å². The fraction of sp³-hybridized carbons (Fsp3) is 0.0833. The predicted octanol–water partition coefficient (Wildman–Crippen LogP) is 5.51. The monoisotopic (exact) mass is 484 g/mol. The zero-order valence-electron chi connectivity index (χ0n) is 16.9. The number of rotatable bonds is 0. The van der Waals surface area contributed by atoms with Crippen molar-refractivity contribution in [3.05, 3.63) is 107 Å². The van der Waals surface area contributed by atoms with E-state index in [-0.39, 0.29) is 11.4 Å². The summed E-state index contributed by atoms with van der Waals surface area (Å²) in [6, 6.07) is 16.1. The summed E-state index contributed by atoms with van der Waals surface area (Å²) in [5.74, 6) is 0.114. The molecule has 4 aromatic heterocycles. The second-order valence-corrected chi connectivity index (χ2v) is 11.0. The Morgan fingerprint density at radius 3 is 1.62 bits per heavy atom. The molecule has 0 aliphatic rings. The Balaban J connectivity index is 2.03. The van der Waals surface area contributed by atoms with Gasteiger partial charge in [-0.3, -0.25) is 0 Å². The lowest BCUT2D eigenvalue weighted by Gasteiger charge is -1.79. The van der Waals surface area contributed by atoms with E-state index in [1.165, 1.54) is 22.7 Å². The smallest absolute Gasteiger partial charge is 0.192 e. The Kier molecular flexibility index (Phi) is 6.06. The number of hydrogen-bond donors (Lipinski definition) is 0. The molecule has 0 spiro atoms. The fourth-order valence-corrected chi connectivity index (χ4v) is 7.82. The molecule has 32 heavy (non-hydrogen) atoms. The maximum atomic E-state index is 9.15. The molecule has 0 bridgehead atoms. The molecule has 152 valence electrons. The largest absolute Gasteiger partial charge is 0.536 e. The number of nitrogens with zero attached hydrogens (tertiary/aromatic N) is 4. The summed E-state index contributed by atoms with van der Waals surface area (Å²) in [7, 11) is 0. The van der Waals surface area contributed by atoms with E-state index in [1.807, 2.05) is 38.1 Å². The van der Waals surface area contributed by atoms with Crippen LogP contribution in [0.15, 0.2) is 36.4 Å². The molecule has 4 aromatic rings. The third-order valence-corrected chi connectivity index (χ3v) is 9.85. The summed E-state index contributed by atoms with van der Waals surface area (Å²) >= 11 is 6.35. The van der Waals surface area contributed by atoms with Crippen LogP contribution in [0.1, 0.15) is 11.1 Å². The van der Waals surface area contributed by atoms with Gasteiger partial charge in [0.2, 0.25) is 0 Å². The molecule has 4 rings (SSSR count). The predicted molar refractivity (Wildman–Crippen MR) is 130 cm³/mol. The average molecular weight is 485 g/mol. The highest BCUT2D eigenvalue weighted by molar-refractivity contribution is 7.14. The van der Waals surface area contributed by atoms with Crippen LogP contribution >= 0.6 is 45.3 Å². The highest BCUT2D eigenvalue weighted by Crippen LogP contribution is 2.19. The highest BCUT2D eigenvalue weighted by atomic mass is 32.1. The van der Waals surface area contributed by atoms with Crippen molar-refractivity contribution in [2.75, 3.05) is 0 Å². The van der Waals surface area contributed by atoms with Gasteiger partial charge in [-0.2, -0.15) is 20.2 Å². The summed E-state index contributed by atoms with van der Waals surface area (Å²) < 4.78 is 8.13. The van der Waals surface area contributed by atoms with Crippen molar-refractivity contribution in [3.63, 3.8) is 0 Å². The first-order chi connectivity index (χ1) is 15.5. The Labute approximate surface area is 199 Å². The molecule has 0 fully saturated rings. The van der Waals surface area contributed by atoms with Gasteiger partial charge in [0.1, 0.15) is 35.4 Å². The van der Waals surface area contributed by atoms with Gasteiger partial charge in [0.15, 0.2) is 0 Å². The molecule has 0 unspecified atom stereocenters. The van der Waals surface area contributed by atoms with Crippen molar-refractivity contribution < 1.29 is 0 Å². The lowest BCUT2D eigenvalue weighted by Crippen LogP contribution is -1.94. The number of aryl methyl sites for hydroxylation is 2. The Bertz CT molecular complexity index is 1780. The molecule has 0 saturated carbocycles. The molecule has 0 radical (unpaired) electrons. The van der Waals surface area contributed by atoms with Crippen LogP contribution in [-0.4, -0.2) is 0 Å². The summed E-state index contributed by atoms with van der Waals surface area (Å²) in [5, 5.41) is 18.3. The van der Waals surface area contributed by atoms with Gasteiger partial charge >= 0.3 is 5.82 Å². The normalized spacial score (nSPS) is 13.4. The molecular formula is C24H12N4S4. The lowest BCUT2D eigenvalue weighted by atomic mass is 10.3. The van der Waals surface area contributed by atoms with Crippen LogP contribution in [-0.2, 0) is 0 Å². The van der Waals surface area contributed by atoms with E-state index in [2.05, 4.69) is 34.0 Å². The van der Waals surface area contributed by atoms with Gasteiger partial charge in [-0.25, -0.2) is 0 Å². The summed E-state index contributed by atoms with van der Waals surface area (Å²) in [5.41, 5.74) is 2.27. The van der Waals surface area contributed by atoms with E-state index >= 15 is 0 Å². The molecule has 0 amide bonds. The molecule has 4 nitrogen and oxygen atoms in total. The number of nitriles is 2. The topological polar surface area (TPSA) is 56.3 Å². The zero-order valence-corrected chi connectivity index (χ0v) is 20.2. The van der Waals surface area contributed by atoms with Gasteiger partial charge in [-0.05, 0) is 61.4 Å². The van der Waals surface area contributed by atoms with Crippen molar-refractivity contribution in [2.45, 2.75) is 13.8 Å². The van der Waals surface area contributed by atoms with Gasteiger partial charge in [-0.1, -0.05) is 0 Å². The van der Waals surface area contributed by atoms with Crippen LogP contribution in [0.2, 0.25) is 0 Å². The summed E-state index contributed by atoms with van der Waals surface area (Å²) in [6.07, 6.45) is 0. The molecule has 0 atom stereocenters. The lowest BCUT2D eigenvalue weighted by molar-refractivity contribution is 1.48.